The van der Waals surface area contributed by atoms with Crippen LogP contribution in [-0.2, 0) is 65.4 Å². The molecule has 0 rings (SSSR count). The number of ether oxygens (including phenoxy) is 4. The van der Waals surface area contributed by atoms with Crippen molar-refractivity contribution in [3.8, 4) is 0 Å². The molecule has 0 saturated heterocycles. The highest BCUT2D eigenvalue weighted by Crippen LogP contribution is 2.45. The molecule has 0 saturated carbocycles. The van der Waals surface area contributed by atoms with Gasteiger partial charge in [-0.05, 0) is 96.3 Å². The van der Waals surface area contributed by atoms with Crippen LogP contribution in [0, 0.1) is 0 Å². The number of carbonyl (C=O) groups excluding carboxylic acids is 4. The predicted octanol–water partition coefficient (Wildman–Crippen LogP) is 24.8. The summed E-state index contributed by atoms with van der Waals surface area (Å²) in [5.74, 6) is -2.22. The first-order valence-corrected chi connectivity index (χ1v) is 45.2. The lowest BCUT2D eigenvalue weighted by atomic mass is 10.0. The van der Waals surface area contributed by atoms with Crippen molar-refractivity contribution in [3.63, 3.8) is 0 Å². The highest BCUT2D eigenvalue weighted by atomic mass is 31.2. The fraction of sp³-hybridized carbons (Fsp3) is 0.812. The molecule has 0 aliphatic carbocycles. The number of unbranched alkanes of at least 4 members (excludes halogenated alkanes) is 42. The number of phosphoric ester groups is 2. The summed E-state index contributed by atoms with van der Waals surface area (Å²) in [6.07, 6.45) is 80.2. The van der Waals surface area contributed by atoms with E-state index in [0.29, 0.717) is 32.1 Å². The number of rotatable bonds is 80. The molecule has 19 heteroatoms. The Hall–Kier alpha value is -3.50. The average molecular weight is 1510 g/mol. The largest absolute Gasteiger partial charge is 0.472 e. The SMILES string of the molecule is CCCCC/C=C\C/C=C\C/C=C\C/C=C\CCCC(=O)O[C@H](COC(=O)CCCCCCCCCCCCCCCCCCC)COP(=O)(O)OC[C@H](O)COP(=O)(O)OC[C@@H](COC(=O)CCCCCCCCCCCCCCCCC)OC(=O)CCCCCCC/C=C\C/C=C\CCCCC. The van der Waals surface area contributed by atoms with Gasteiger partial charge in [0.15, 0.2) is 12.2 Å². The average Bonchev–Trinajstić information content (AvgIpc) is 1.04. The van der Waals surface area contributed by atoms with E-state index in [1.165, 1.54) is 193 Å². The molecule has 2 unspecified atom stereocenters. The van der Waals surface area contributed by atoms with Gasteiger partial charge >= 0.3 is 39.5 Å². The van der Waals surface area contributed by atoms with Gasteiger partial charge in [0.05, 0.1) is 26.4 Å². The summed E-state index contributed by atoms with van der Waals surface area (Å²) >= 11 is 0. The topological polar surface area (TPSA) is 237 Å². The second-order valence-corrected chi connectivity index (χ2v) is 31.3. The molecule has 0 amide bonds. The molecule has 0 radical (unpaired) electrons. The molecule has 0 fully saturated rings. The van der Waals surface area contributed by atoms with Crippen molar-refractivity contribution < 1.29 is 80.2 Å². The standard InChI is InChI=1S/C85H154O17P2/c1-5-9-13-17-21-25-29-33-37-39-43-46-50-54-58-62-66-70-83(88)96-76-81(102-85(90)72-68-64-60-56-52-48-44-40-38-34-30-26-22-18-14-10-6-2)78-100-104(93,94)98-74-79(86)73-97-103(91,92)99-77-80(101-84(89)71-67-63-59-55-51-47-42-36-32-28-24-20-16-12-8-4)75-95-82(87)69-65-61-57-53-49-45-41-35-31-27-23-19-15-11-7-3/h22,24,26,28,34,36,38,42,44,48,56,60,79-81,86H,5-21,23,25,27,29-33,35,37,39-41,43,45-47,49-55,57-59,61-78H2,1-4H3,(H,91,92)(H,93,94)/b26-22-,28-24-,38-34-,42-36-,48-44-,60-56-/t79-,80-,81-/m1/s1. The van der Waals surface area contributed by atoms with Crippen LogP contribution >= 0.6 is 15.6 Å². The maximum Gasteiger partial charge on any atom is 0.472 e. The lowest BCUT2D eigenvalue weighted by molar-refractivity contribution is -0.161. The van der Waals surface area contributed by atoms with Crippen molar-refractivity contribution in [3.05, 3.63) is 72.9 Å². The van der Waals surface area contributed by atoms with E-state index >= 15 is 0 Å². The van der Waals surface area contributed by atoms with E-state index in [-0.39, 0.29) is 25.7 Å². The first-order chi connectivity index (χ1) is 50.7. The Kier molecular flexibility index (Phi) is 75.0. The summed E-state index contributed by atoms with van der Waals surface area (Å²) in [5, 5.41) is 10.7. The zero-order valence-electron chi connectivity index (χ0n) is 66.5. The Bertz CT molecular complexity index is 2250. The van der Waals surface area contributed by atoms with Crippen LogP contribution in [0.4, 0.5) is 0 Å². The number of hydrogen-bond acceptors (Lipinski definition) is 15. The molecule has 0 aromatic heterocycles. The highest BCUT2D eigenvalue weighted by molar-refractivity contribution is 7.47. The fourth-order valence-corrected chi connectivity index (χ4v) is 13.3. The summed E-state index contributed by atoms with van der Waals surface area (Å²) in [4.78, 5) is 73.1. The Balaban J connectivity index is 5.38. The van der Waals surface area contributed by atoms with Gasteiger partial charge in [-0.25, -0.2) is 9.13 Å². The van der Waals surface area contributed by atoms with Crippen molar-refractivity contribution in [1.82, 2.24) is 0 Å². The summed E-state index contributed by atoms with van der Waals surface area (Å²) in [6, 6.07) is 0. The molecule has 5 atom stereocenters. The van der Waals surface area contributed by atoms with Gasteiger partial charge < -0.3 is 33.8 Å². The van der Waals surface area contributed by atoms with Gasteiger partial charge in [0.1, 0.15) is 19.3 Å². The molecular formula is C85H154O17P2. The van der Waals surface area contributed by atoms with Crippen LogP contribution in [0.2, 0.25) is 0 Å². The number of aliphatic hydroxyl groups excluding tert-OH is 1. The van der Waals surface area contributed by atoms with Crippen molar-refractivity contribution in [2.75, 3.05) is 39.6 Å². The number of phosphoric acid groups is 2. The molecule has 104 heavy (non-hydrogen) atoms. The van der Waals surface area contributed by atoms with Crippen LogP contribution in [0.1, 0.15) is 387 Å². The molecule has 0 aromatic carbocycles. The lowest BCUT2D eigenvalue weighted by Gasteiger charge is -2.21. The van der Waals surface area contributed by atoms with Crippen LogP contribution in [-0.4, -0.2) is 96.7 Å². The fourth-order valence-electron chi connectivity index (χ4n) is 11.7. The van der Waals surface area contributed by atoms with E-state index in [2.05, 4.69) is 88.5 Å². The third-order valence-corrected chi connectivity index (χ3v) is 20.1. The summed E-state index contributed by atoms with van der Waals surface area (Å²) in [6.45, 7) is 4.84. The van der Waals surface area contributed by atoms with E-state index in [1.807, 2.05) is 12.2 Å². The summed E-state index contributed by atoms with van der Waals surface area (Å²) in [5.41, 5.74) is 0. The lowest BCUT2D eigenvalue weighted by Crippen LogP contribution is -2.30. The maximum atomic E-state index is 13.1. The molecule has 17 nitrogen and oxygen atoms in total. The van der Waals surface area contributed by atoms with Crippen molar-refractivity contribution >= 4 is 39.5 Å². The number of carbonyl (C=O) groups is 4. The predicted molar refractivity (Wildman–Crippen MR) is 427 cm³/mol. The minimum Gasteiger partial charge on any atom is -0.462 e. The van der Waals surface area contributed by atoms with Crippen molar-refractivity contribution in [2.24, 2.45) is 0 Å². The molecule has 0 spiro atoms. The summed E-state index contributed by atoms with van der Waals surface area (Å²) in [7, 11) is -9.97. The van der Waals surface area contributed by atoms with Gasteiger partial charge in [0, 0.05) is 25.7 Å². The van der Waals surface area contributed by atoms with Gasteiger partial charge in [-0.3, -0.25) is 37.3 Å². The van der Waals surface area contributed by atoms with E-state index in [0.717, 1.165) is 109 Å². The molecule has 3 N–H and O–H groups in total. The van der Waals surface area contributed by atoms with Crippen LogP contribution in [0.3, 0.4) is 0 Å². The monoisotopic (exact) mass is 1510 g/mol. The van der Waals surface area contributed by atoms with Gasteiger partial charge in [-0.2, -0.15) is 0 Å². The van der Waals surface area contributed by atoms with E-state index < -0.39 is 97.5 Å². The first-order valence-electron chi connectivity index (χ1n) is 42.2. The minimum absolute atomic E-state index is 0.0233. The second-order valence-electron chi connectivity index (χ2n) is 28.4. The second kappa shape index (κ2) is 77.7. The normalized spacial score (nSPS) is 14.2. The number of aliphatic hydroxyl groups is 1. The van der Waals surface area contributed by atoms with Crippen LogP contribution < -0.4 is 0 Å². The smallest absolute Gasteiger partial charge is 0.462 e. The minimum atomic E-state index is -4.99. The Morgan fingerprint density at radius 1 is 0.269 bits per heavy atom. The van der Waals surface area contributed by atoms with Gasteiger partial charge in [-0.1, -0.05) is 338 Å². The van der Waals surface area contributed by atoms with E-state index in [9.17, 15) is 43.2 Å². The molecular weight excluding hydrogens is 1350 g/mol. The molecule has 0 heterocycles. The van der Waals surface area contributed by atoms with E-state index in [1.54, 1.807) is 0 Å². The Labute approximate surface area is 634 Å². The molecule has 0 aromatic rings. The van der Waals surface area contributed by atoms with Gasteiger partial charge in [-0.15, -0.1) is 0 Å². The van der Waals surface area contributed by atoms with Crippen molar-refractivity contribution in [2.45, 2.75) is 406 Å². The first kappa shape index (κ1) is 100. The molecule has 0 bridgehead atoms. The van der Waals surface area contributed by atoms with Crippen LogP contribution in [0.5, 0.6) is 0 Å². The third kappa shape index (κ3) is 76.7. The maximum absolute atomic E-state index is 13.1. The number of allylic oxidation sites excluding steroid dienone is 12. The quantitative estimate of drug-likeness (QED) is 0.0169. The zero-order chi connectivity index (χ0) is 76.0. The number of hydrogen-bond donors (Lipinski definition) is 3. The van der Waals surface area contributed by atoms with Gasteiger partial charge in [0.2, 0.25) is 0 Å². The molecule has 606 valence electrons. The molecule has 0 aliphatic rings. The van der Waals surface area contributed by atoms with Crippen LogP contribution in [0.15, 0.2) is 72.9 Å². The Morgan fingerprint density at radius 3 is 0.779 bits per heavy atom. The Morgan fingerprint density at radius 2 is 0.481 bits per heavy atom. The molecule has 0 aliphatic heterocycles. The van der Waals surface area contributed by atoms with Crippen molar-refractivity contribution in [1.29, 1.82) is 0 Å². The van der Waals surface area contributed by atoms with Crippen LogP contribution in [0.25, 0.3) is 0 Å². The van der Waals surface area contributed by atoms with E-state index in [4.69, 9.17) is 37.0 Å². The summed E-state index contributed by atoms with van der Waals surface area (Å²) < 4.78 is 68.7. The number of esters is 4. The third-order valence-electron chi connectivity index (χ3n) is 18.2. The highest BCUT2D eigenvalue weighted by Gasteiger charge is 2.30. The zero-order valence-corrected chi connectivity index (χ0v) is 68.2. The van der Waals surface area contributed by atoms with Gasteiger partial charge in [0.25, 0.3) is 0 Å².